The van der Waals surface area contributed by atoms with Gasteiger partial charge in [0.1, 0.15) is 10.8 Å². The molecule has 2 aromatic rings. The summed E-state index contributed by atoms with van der Waals surface area (Å²) in [5.41, 5.74) is 6.54. The van der Waals surface area contributed by atoms with Gasteiger partial charge in [0.05, 0.1) is 5.54 Å². The molecule has 1 aromatic carbocycles. The number of aromatic nitrogens is 1. The van der Waals surface area contributed by atoms with Gasteiger partial charge in [0.2, 0.25) is 0 Å². The minimum absolute atomic E-state index is 0.229. The molecule has 0 bridgehead atoms. The molecule has 0 aliphatic heterocycles. The lowest BCUT2D eigenvalue weighted by atomic mass is 9.94. The predicted molar refractivity (Wildman–Crippen MR) is 63.8 cm³/mol. The minimum atomic E-state index is -0.540. The van der Waals surface area contributed by atoms with Crippen molar-refractivity contribution in [1.29, 1.82) is 0 Å². The second-order valence-electron chi connectivity index (χ2n) is 4.06. The van der Waals surface area contributed by atoms with Gasteiger partial charge in [0.25, 0.3) is 0 Å². The van der Waals surface area contributed by atoms with Crippen molar-refractivity contribution in [1.82, 2.24) is 4.98 Å². The van der Waals surface area contributed by atoms with Crippen LogP contribution >= 0.6 is 11.3 Å². The number of hydrogen-bond acceptors (Lipinski definition) is 3. The summed E-state index contributed by atoms with van der Waals surface area (Å²) >= 11 is 1.52. The van der Waals surface area contributed by atoms with Crippen LogP contribution in [-0.2, 0) is 12.0 Å². The van der Waals surface area contributed by atoms with Gasteiger partial charge in [-0.2, -0.15) is 0 Å². The Morgan fingerprint density at radius 2 is 2.31 bits per heavy atom. The van der Waals surface area contributed by atoms with E-state index >= 15 is 0 Å². The van der Waals surface area contributed by atoms with E-state index in [9.17, 15) is 4.39 Å². The summed E-state index contributed by atoms with van der Waals surface area (Å²) in [7, 11) is 0. The van der Waals surface area contributed by atoms with Gasteiger partial charge >= 0.3 is 0 Å². The molecule has 1 heterocycles. The third kappa shape index (κ3) is 2.46. The molecule has 1 aromatic heterocycles. The molecule has 0 radical (unpaired) electrons. The number of nitrogens with zero attached hydrogens (tertiary/aromatic N) is 1. The van der Waals surface area contributed by atoms with Gasteiger partial charge < -0.3 is 5.73 Å². The highest BCUT2D eigenvalue weighted by Crippen LogP contribution is 2.24. The van der Waals surface area contributed by atoms with Crippen molar-refractivity contribution < 1.29 is 4.39 Å². The fourth-order valence-electron chi connectivity index (χ4n) is 1.65. The third-order valence-corrected chi connectivity index (χ3v) is 3.43. The molecule has 2 N–H and O–H groups in total. The Balaban J connectivity index is 2.21. The van der Waals surface area contributed by atoms with Crippen molar-refractivity contribution in [2.24, 2.45) is 5.73 Å². The lowest BCUT2D eigenvalue weighted by Crippen LogP contribution is -2.35. The van der Waals surface area contributed by atoms with Crippen molar-refractivity contribution in [3.63, 3.8) is 0 Å². The zero-order chi connectivity index (χ0) is 11.6. The van der Waals surface area contributed by atoms with Gasteiger partial charge in [-0.3, -0.25) is 0 Å². The third-order valence-electron chi connectivity index (χ3n) is 2.38. The number of nitrogens with two attached hydrogens (primary N) is 1. The fraction of sp³-hybridized carbons (Fsp3) is 0.250. The standard InChI is InChI=1S/C12H13FN2S/c1-12(14,11-15-5-6-16-11)8-9-3-2-4-10(13)7-9/h2-7H,8,14H2,1H3/t12-/m0/s1. The molecule has 0 amide bonds. The van der Waals surface area contributed by atoms with Crippen LogP contribution in [0.2, 0.25) is 0 Å². The first kappa shape index (κ1) is 11.2. The van der Waals surface area contributed by atoms with Gasteiger partial charge in [-0.05, 0) is 31.0 Å². The zero-order valence-electron chi connectivity index (χ0n) is 8.98. The SMILES string of the molecule is C[C@](N)(Cc1cccc(F)c1)c1nccs1. The van der Waals surface area contributed by atoms with E-state index in [2.05, 4.69) is 4.98 Å². The van der Waals surface area contributed by atoms with Gasteiger partial charge in [0.15, 0.2) is 0 Å². The molecular formula is C12H13FN2S. The van der Waals surface area contributed by atoms with Crippen LogP contribution in [0.5, 0.6) is 0 Å². The Morgan fingerprint density at radius 1 is 1.50 bits per heavy atom. The van der Waals surface area contributed by atoms with E-state index in [1.54, 1.807) is 12.3 Å². The van der Waals surface area contributed by atoms with Crippen LogP contribution in [0, 0.1) is 5.82 Å². The van der Waals surface area contributed by atoms with Crippen LogP contribution in [0.15, 0.2) is 35.8 Å². The van der Waals surface area contributed by atoms with Gasteiger partial charge in [0, 0.05) is 11.6 Å². The van der Waals surface area contributed by atoms with Crippen molar-refractivity contribution in [3.8, 4) is 0 Å². The Morgan fingerprint density at radius 3 is 2.94 bits per heavy atom. The van der Waals surface area contributed by atoms with E-state index in [-0.39, 0.29) is 5.82 Å². The molecular weight excluding hydrogens is 223 g/mol. The Kier molecular flexibility index (Phi) is 3.03. The fourth-order valence-corrected chi connectivity index (χ4v) is 2.37. The van der Waals surface area contributed by atoms with Crippen molar-refractivity contribution in [3.05, 3.63) is 52.2 Å². The Hall–Kier alpha value is -1.26. The molecule has 4 heteroatoms. The highest BCUT2D eigenvalue weighted by atomic mass is 32.1. The van der Waals surface area contributed by atoms with Gasteiger partial charge in [-0.1, -0.05) is 12.1 Å². The van der Waals surface area contributed by atoms with Crippen LogP contribution in [-0.4, -0.2) is 4.98 Å². The van der Waals surface area contributed by atoms with Crippen LogP contribution in [0.4, 0.5) is 4.39 Å². The monoisotopic (exact) mass is 236 g/mol. The maximum Gasteiger partial charge on any atom is 0.123 e. The van der Waals surface area contributed by atoms with Crippen LogP contribution in [0.3, 0.4) is 0 Å². The highest BCUT2D eigenvalue weighted by molar-refractivity contribution is 7.09. The quantitative estimate of drug-likeness (QED) is 0.890. The van der Waals surface area contributed by atoms with Crippen molar-refractivity contribution in [2.45, 2.75) is 18.9 Å². The van der Waals surface area contributed by atoms with Gasteiger partial charge in [-0.25, -0.2) is 9.37 Å². The Labute approximate surface area is 97.9 Å². The second kappa shape index (κ2) is 4.31. The molecule has 16 heavy (non-hydrogen) atoms. The zero-order valence-corrected chi connectivity index (χ0v) is 9.80. The van der Waals surface area contributed by atoms with E-state index in [4.69, 9.17) is 5.73 Å². The molecule has 2 nitrogen and oxygen atoms in total. The number of hydrogen-bond donors (Lipinski definition) is 1. The summed E-state index contributed by atoms with van der Waals surface area (Å²) in [5, 5.41) is 2.77. The second-order valence-corrected chi connectivity index (χ2v) is 4.96. The average Bonchev–Trinajstić information content (AvgIpc) is 2.69. The molecule has 0 unspecified atom stereocenters. The molecule has 0 aliphatic rings. The van der Waals surface area contributed by atoms with Crippen LogP contribution < -0.4 is 5.73 Å². The molecule has 0 aliphatic carbocycles. The average molecular weight is 236 g/mol. The molecule has 0 saturated carbocycles. The summed E-state index contributed by atoms with van der Waals surface area (Å²) < 4.78 is 13.0. The summed E-state index contributed by atoms with van der Waals surface area (Å²) in [4.78, 5) is 4.21. The lowest BCUT2D eigenvalue weighted by molar-refractivity contribution is 0.486. The number of rotatable bonds is 3. The number of thiazole rings is 1. The van der Waals surface area contributed by atoms with Crippen LogP contribution in [0.25, 0.3) is 0 Å². The molecule has 0 saturated heterocycles. The first-order chi connectivity index (χ1) is 7.58. The molecule has 0 spiro atoms. The smallest absolute Gasteiger partial charge is 0.123 e. The normalized spacial score (nSPS) is 14.7. The van der Waals surface area contributed by atoms with E-state index < -0.39 is 5.54 Å². The minimum Gasteiger partial charge on any atom is -0.319 e. The highest BCUT2D eigenvalue weighted by Gasteiger charge is 2.24. The van der Waals surface area contributed by atoms with Crippen molar-refractivity contribution >= 4 is 11.3 Å². The summed E-state index contributed by atoms with van der Waals surface area (Å²) in [5.74, 6) is -0.229. The van der Waals surface area contributed by atoms with E-state index in [1.165, 1.54) is 23.5 Å². The largest absolute Gasteiger partial charge is 0.319 e. The Bertz CT molecular complexity index is 466. The van der Waals surface area contributed by atoms with E-state index in [0.717, 1.165) is 10.6 Å². The maximum atomic E-state index is 13.0. The predicted octanol–water partition coefficient (Wildman–Crippen LogP) is 2.70. The summed E-state index contributed by atoms with van der Waals surface area (Å²) in [6, 6.07) is 6.52. The summed E-state index contributed by atoms with van der Waals surface area (Å²) in [6.07, 6.45) is 2.31. The van der Waals surface area contributed by atoms with E-state index in [0.29, 0.717) is 6.42 Å². The van der Waals surface area contributed by atoms with Crippen molar-refractivity contribution in [2.75, 3.05) is 0 Å². The maximum absolute atomic E-state index is 13.0. The topological polar surface area (TPSA) is 38.9 Å². The molecule has 2 rings (SSSR count). The number of halogens is 1. The molecule has 84 valence electrons. The lowest BCUT2D eigenvalue weighted by Gasteiger charge is -2.21. The molecule has 1 atom stereocenters. The van der Waals surface area contributed by atoms with Gasteiger partial charge in [-0.15, -0.1) is 11.3 Å². The molecule has 0 fully saturated rings. The first-order valence-corrected chi connectivity index (χ1v) is 5.89. The van der Waals surface area contributed by atoms with E-state index in [1.807, 2.05) is 18.4 Å². The number of benzene rings is 1. The first-order valence-electron chi connectivity index (χ1n) is 5.01. The summed E-state index contributed by atoms with van der Waals surface area (Å²) in [6.45, 7) is 1.91. The van der Waals surface area contributed by atoms with Crippen LogP contribution in [0.1, 0.15) is 17.5 Å².